The topological polar surface area (TPSA) is 58.6 Å². The Morgan fingerprint density at radius 2 is 2.00 bits per heavy atom. The van der Waals surface area contributed by atoms with Gasteiger partial charge in [0.1, 0.15) is 12.4 Å². The number of nitrogens with one attached hydrogen (secondary N) is 1. The Kier molecular flexibility index (Phi) is 6.05. The summed E-state index contributed by atoms with van der Waals surface area (Å²) in [6.07, 6.45) is 0.136. The molecule has 1 unspecified atom stereocenters. The molecule has 27 heavy (non-hydrogen) atoms. The van der Waals surface area contributed by atoms with Gasteiger partial charge in [-0.3, -0.25) is 9.59 Å². The predicted octanol–water partition coefficient (Wildman–Crippen LogP) is 3.28. The quantitative estimate of drug-likeness (QED) is 0.704. The first-order chi connectivity index (χ1) is 13.0. The molecule has 0 spiro atoms. The van der Waals surface area contributed by atoms with Gasteiger partial charge >= 0.3 is 0 Å². The zero-order valence-corrected chi connectivity index (χ0v) is 15.8. The van der Waals surface area contributed by atoms with Crippen LogP contribution in [0.5, 0.6) is 5.75 Å². The number of hydrogen-bond donors (Lipinski definition) is 1. The fraction of sp³-hybridized carbons (Fsp3) is 0.263. The number of carbonyl (C=O) groups is 2. The Labute approximate surface area is 163 Å². The van der Waals surface area contributed by atoms with Gasteiger partial charge in [-0.2, -0.15) is 0 Å². The molecule has 1 atom stereocenters. The highest BCUT2D eigenvalue weighted by molar-refractivity contribution is 9.10. The normalized spacial score (nSPS) is 16.5. The molecule has 0 aromatic heterocycles. The summed E-state index contributed by atoms with van der Waals surface area (Å²) in [7, 11) is 0. The van der Waals surface area contributed by atoms with Gasteiger partial charge in [0.05, 0.1) is 18.2 Å². The van der Waals surface area contributed by atoms with Crippen molar-refractivity contribution in [3.05, 3.63) is 58.6 Å². The van der Waals surface area contributed by atoms with E-state index < -0.39 is 17.6 Å². The number of hydrogen-bond acceptors (Lipinski definition) is 3. The van der Waals surface area contributed by atoms with Crippen molar-refractivity contribution in [2.24, 2.45) is 5.92 Å². The smallest absolute Gasteiger partial charge is 0.227 e. The van der Waals surface area contributed by atoms with E-state index in [2.05, 4.69) is 21.2 Å². The van der Waals surface area contributed by atoms with E-state index in [0.717, 1.165) is 22.3 Å². The molecular formula is C19H17BrF2N2O3. The van der Waals surface area contributed by atoms with Gasteiger partial charge in [-0.25, -0.2) is 8.78 Å². The van der Waals surface area contributed by atoms with Gasteiger partial charge in [-0.1, -0.05) is 12.1 Å². The lowest BCUT2D eigenvalue weighted by Crippen LogP contribution is -2.35. The van der Waals surface area contributed by atoms with Crippen LogP contribution in [0.3, 0.4) is 0 Å². The maximum Gasteiger partial charge on any atom is 0.227 e. The van der Waals surface area contributed by atoms with Crippen molar-refractivity contribution in [1.82, 2.24) is 5.32 Å². The molecule has 0 aliphatic carbocycles. The minimum Gasteiger partial charge on any atom is -0.492 e. The van der Waals surface area contributed by atoms with Crippen LogP contribution in [-0.2, 0) is 9.59 Å². The van der Waals surface area contributed by atoms with Crippen molar-refractivity contribution in [2.45, 2.75) is 6.42 Å². The molecule has 2 amide bonds. The van der Waals surface area contributed by atoms with Gasteiger partial charge in [0.15, 0.2) is 11.6 Å². The molecule has 1 aliphatic rings. The van der Waals surface area contributed by atoms with Crippen LogP contribution in [0.15, 0.2) is 46.9 Å². The van der Waals surface area contributed by atoms with Crippen molar-refractivity contribution in [3.8, 4) is 5.75 Å². The molecule has 2 aromatic carbocycles. The van der Waals surface area contributed by atoms with Gasteiger partial charge in [0.25, 0.3) is 0 Å². The average molecular weight is 439 g/mol. The van der Waals surface area contributed by atoms with Crippen LogP contribution in [0.1, 0.15) is 6.42 Å². The number of rotatable bonds is 6. The molecule has 1 fully saturated rings. The largest absolute Gasteiger partial charge is 0.492 e. The first-order valence-corrected chi connectivity index (χ1v) is 9.15. The van der Waals surface area contributed by atoms with Crippen molar-refractivity contribution in [2.75, 3.05) is 24.6 Å². The third kappa shape index (κ3) is 4.63. The Hall–Kier alpha value is -2.48. The molecule has 0 saturated carbocycles. The van der Waals surface area contributed by atoms with Gasteiger partial charge in [-0.15, -0.1) is 0 Å². The van der Waals surface area contributed by atoms with Crippen LogP contribution < -0.4 is 15.0 Å². The molecule has 5 nitrogen and oxygen atoms in total. The monoisotopic (exact) mass is 438 g/mol. The van der Waals surface area contributed by atoms with E-state index >= 15 is 0 Å². The highest BCUT2D eigenvalue weighted by Gasteiger charge is 2.35. The van der Waals surface area contributed by atoms with Crippen LogP contribution in [-0.4, -0.2) is 31.5 Å². The second kappa shape index (κ2) is 8.47. The third-order valence-electron chi connectivity index (χ3n) is 4.20. The van der Waals surface area contributed by atoms with Gasteiger partial charge in [0, 0.05) is 23.5 Å². The number of para-hydroxylation sites is 1. The minimum atomic E-state index is -0.992. The van der Waals surface area contributed by atoms with Crippen LogP contribution in [0.4, 0.5) is 14.5 Å². The molecule has 0 bridgehead atoms. The molecule has 1 saturated heterocycles. The van der Waals surface area contributed by atoms with E-state index in [1.54, 1.807) is 4.90 Å². The minimum absolute atomic E-state index is 0.103. The Balaban J connectivity index is 1.48. The first-order valence-electron chi connectivity index (χ1n) is 8.36. The Bertz CT molecular complexity index is 863. The SMILES string of the molecule is O=C(NCCOc1ccc(F)c(F)c1)C1CC(=O)N(c2ccccc2Br)C1. The lowest BCUT2D eigenvalue weighted by molar-refractivity contribution is -0.126. The van der Waals surface area contributed by atoms with Crippen LogP contribution in [0.2, 0.25) is 0 Å². The van der Waals surface area contributed by atoms with E-state index in [1.165, 1.54) is 6.07 Å². The van der Waals surface area contributed by atoms with Crippen molar-refractivity contribution in [3.63, 3.8) is 0 Å². The first kappa shape index (κ1) is 19.3. The molecule has 142 valence electrons. The molecule has 2 aromatic rings. The lowest BCUT2D eigenvalue weighted by Gasteiger charge is -2.18. The van der Waals surface area contributed by atoms with Crippen LogP contribution in [0.25, 0.3) is 0 Å². The number of amides is 2. The van der Waals surface area contributed by atoms with Crippen LogP contribution in [0, 0.1) is 17.6 Å². The Morgan fingerprint density at radius 3 is 2.74 bits per heavy atom. The van der Waals surface area contributed by atoms with E-state index in [1.807, 2.05) is 24.3 Å². The summed E-state index contributed by atoms with van der Waals surface area (Å²) in [5, 5.41) is 2.71. The third-order valence-corrected chi connectivity index (χ3v) is 4.87. The molecular weight excluding hydrogens is 422 g/mol. The van der Waals surface area contributed by atoms with Crippen LogP contribution >= 0.6 is 15.9 Å². The second-order valence-corrected chi connectivity index (χ2v) is 6.93. The van der Waals surface area contributed by atoms with Gasteiger partial charge in [-0.05, 0) is 40.2 Å². The summed E-state index contributed by atoms with van der Waals surface area (Å²) in [6, 6.07) is 10.6. The van der Waals surface area contributed by atoms with E-state index in [-0.39, 0.29) is 37.1 Å². The average Bonchev–Trinajstić information content (AvgIpc) is 3.03. The highest BCUT2D eigenvalue weighted by Crippen LogP contribution is 2.31. The number of nitrogens with zero attached hydrogens (tertiary/aromatic N) is 1. The van der Waals surface area contributed by atoms with Crippen molar-refractivity contribution in [1.29, 1.82) is 0 Å². The summed E-state index contributed by atoms with van der Waals surface area (Å²) in [4.78, 5) is 26.1. The zero-order valence-electron chi connectivity index (χ0n) is 14.3. The molecule has 1 N–H and O–H groups in total. The fourth-order valence-corrected chi connectivity index (χ4v) is 3.34. The molecule has 1 aliphatic heterocycles. The second-order valence-electron chi connectivity index (χ2n) is 6.07. The van der Waals surface area contributed by atoms with Crippen molar-refractivity contribution >= 4 is 33.4 Å². The molecule has 3 rings (SSSR count). The fourth-order valence-electron chi connectivity index (χ4n) is 2.84. The Morgan fingerprint density at radius 1 is 1.22 bits per heavy atom. The highest BCUT2D eigenvalue weighted by atomic mass is 79.9. The maximum absolute atomic E-state index is 13.1. The van der Waals surface area contributed by atoms with Crippen molar-refractivity contribution < 1.29 is 23.1 Å². The number of carbonyl (C=O) groups excluding carboxylic acids is 2. The standard InChI is InChI=1S/C19H17BrF2N2O3/c20-14-3-1-2-4-17(14)24-11-12(9-18(24)25)19(26)23-7-8-27-13-5-6-15(21)16(22)10-13/h1-6,10,12H,7-9,11H2,(H,23,26). The lowest BCUT2D eigenvalue weighted by atomic mass is 10.1. The summed E-state index contributed by atoms with van der Waals surface area (Å²) in [5.74, 6) is -2.57. The summed E-state index contributed by atoms with van der Waals surface area (Å²) >= 11 is 3.41. The number of halogens is 3. The molecule has 1 heterocycles. The number of ether oxygens (including phenoxy) is 1. The van der Waals surface area contributed by atoms with E-state index in [9.17, 15) is 18.4 Å². The summed E-state index contributed by atoms with van der Waals surface area (Å²) in [6.45, 7) is 0.598. The number of anilines is 1. The molecule has 0 radical (unpaired) electrons. The van der Waals surface area contributed by atoms with E-state index in [4.69, 9.17) is 4.74 Å². The summed E-state index contributed by atoms with van der Waals surface area (Å²) in [5.41, 5.74) is 0.736. The maximum atomic E-state index is 13.1. The van der Waals surface area contributed by atoms with Gasteiger partial charge < -0.3 is 15.0 Å². The predicted molar refractivity (Wildman–Crippen MR) is 99.5 cm³/mol. The summed E-state index contributed by atoms with van der Waals surface area (Å²) < 4.78 is 32.0. The molecule has 8 heteroatoms. The van der Waals surface area contributed by atoms with Gasteiger partial charge in [0.2, 0.25) is 11.8 Å². The zero-order chi connectivity index (χ0) is 19.4. The number of benzene rings is 2. The van der Waals surface area contributed by atoms with E-state index in [0.29, 0.717) is 6.54 Å².